The van der Waals surface area contributed by atoms with Crippen molar-refractivity contribution in [3.05, 3.63) is 0 Å². The molecule has 0 spiro atoms. The fourth-order valence-electron chi connectivity index (χ4n) is 0.241. The average Bonchev–Trinajstić information content (AvgIpc) is 1.64. The van der Waals surface area contributed by atoms with E-state index in [1.165, 1.54) is 0 Å². The van der Waals surface area contributed by atoms with Crippen molar-refractivity contribution in [3.63, 3.8) is 0 Å². The van der Waals surface area contributed by atoms with Crippen LogP contribution in [-0.4, -0.2) is 16.6 Å². The van der Waals surface area contributed by atoms with Crippen molar-refractivity contribution < 1.29 is 13.2 Å². The first kappa shape index (κ1) is 9.43. The van der Waals surface area contributed by atoms with Gasteiger partial charge in [0.05, 0.1) is 0 Å². The predicted octanol–water partition coefficient (Wildman–Crippen LogP) is 2.87. The van der Waals surface area contributed by atoms with Gasteiger partial charge in [-0.1, -0.05) is 6.92 Å². The van der Waals surface area contributed by atoms with Crippen LogP contribution in [0.5, 0.6) is 0 Å². The van der Waals surface area contributed by atoms with Crippen LogP contribution < -0.4 is 0 Å². The van der Waals surface area contributed by atoms with E-state index in [9.17, 15) is 13.2 Å². The molecular weight excluding hydrogens is 173 g/mol. The first-order valence-corrected chi connectivity index (χ1v) is 3.79. The molecule has 0 aliphatic rings. The van der Waals surface area contributed by atoms with Crippen molar-refractivity contribution in [1.29, 1.82) is 0 Å². The summed E-state index contributed by atoms with van der Waals surface area (Å²) in [5, 5.41) is 0. The van der Waals surface area contributed by atoms with Crippen molar-refractivity contribution in [2.75, 3.05) is 5.75 Å². The fraction of sp³-hybridized carbons (Fsp3) is 1.00. The van der Waals surface area contributed by atoms with Crippen LogP contribution in [-0.2, 0) is 0 Å². The van der Waals surface area contributed by atoms with E-state index in [-0.39, 0.29) is 0 Å². The van der Waals surface area contributed by atoms with Crippen molar-refractivity contribution in [2.24, 2.45) is 0 Å². The molecule has 0 aliphatic carbocycles. The Morgan fingerprint density at radius 3 is 2.11 bits per heavy atom. The quantitative estimate of drug-likeness (QED) is 0.586. The van der Waals surface area contributed by atoms with Gasteiger partial charge < -0.3 is 0 Å². The molecule has 5 heteroatoms. The molecule has 0 N–H and O–H groups in total. The molecule has 56 valence electrons. The minimum atomic E-state index is -4.26. The highest BCUT2D eigenvalue weighted by Crippen LogP contribution is 2.32. The van der Waals surface area contributed by atoms with E-state index in [0.29, 0.717) is 17.5 Å². The Labute approximate surface area is 60.8 Å². The lowest BCUT2D eigenvalue weighted by Crippen LogP contribution is -2.19. The molecule has 0 aromatic rings. The summed E-state index contributed by atoms with van der Waals surface area (Å²) in [5.41, 5.74) is 0. The summed E-state index contributed by atoms with van der Waals surface area (Å²) < 4.78 is 32.7. The van der Waals surface area contributed by atoms with Crippen molar-refractivity contribution in [3.8, 4) is 0 Å². The summed E-state index contributed by atoms with van der Waals surface area (Å²) in [7, 11) is 0. The van der Waals surface area contributed by atoms with E-state index in [4.69, 9.17) is 11.6 Å². The minimum absolute atomic E-state index is 0.383. The lowest BCUT2D eigenvalue weighted by atomic mass is 10.8. The van der Waals surface area contributed by atoms with Gasteiger partial charge >= 0.3 is 6.18 Å². The zero-order valence-corrected chi connectivity index (χ0v) is 6.28. The summed E-state index contributed by atoms with van der Waals surface area (Å²) >= 11 is 5.57. The third-order valence-corrected chi connectivity index (χ3v) is 2.09. The molecule has 0 aromatic carbocycles. The molecular formula is C4H6ClF3S. The summed E-state index contributed by atoms with van der Waals surface area (Å²) in [6, 6.07) is 0. The number of alkyl halides is 4. The second-order valence-electron chi connectivity index (χ2n) is 1.31. The summed E-state index contributed by atoms with van der Waals surface area (Å²) in [5.74, 6) is 0.383. The molecule has 0 heterocycles. The van der Waals surface area contributed by atoms with Crippen LogP contribution in [0, 0.1) is 0 Å². The van der Waals surface area contributed by atoms with Crippen molar-refractivity contribution in [1.82, 2.24) is 0 Å². The van der Waals surface area contributed by atoms with Gasteiger partial charge in [0.25, 0.3) is 0 Å². The lowest BCUT2D eigenvalue weighted by molar-refractivity contribution is -0.113. The highest BCUT2D eigenvalue weighted by molar-refractivity contribution is 8.01. The zero-order valence-electron chi connectivity index (χ0n) is 4.70. The number of rotatable bonds is 2. The first-order valence-electron chi connectivity index (χ1n) is 2.31. The van der Waals surface area contributed by atoms with Crippen LogP contribution >= 0.6 is 23.4 Å². The number of hydrogen-bond acceptors (Lipinski definition) is 1. The highest BCUT2D eigenvalue weighted by Gasteiger charge is 2.37. The Bertz CT molecular complexity index is 82.4. The average molecular weight is 179 g/mol. The fourth-order valence-corrected chi connectivity index (χ4v) is 1.10. The SMILES string of the molecule is CCSC(Cl)C(F)(F)F. The molecule has 1 atom stereocenters. The number of halogens is 4. The topological polar surface area (TPSA) is 0 Å². The van der Waals surface area contributed by atoms with Gasteiger partial charge in [0, 0.05) is 0 Å². The molecule has 0 radical (unpaired) electrons. The van der Waals surface area contributed by atoms with Crippen LogP contribution in [0.2, 0.25) is 0 Å². The standard InChI is InChI=1S/C4H6ClF3S/c1-2-9-3(5)4(6,7)8/h3H,2H2,1H3. The molecule has 0 bridgehead atoms. The van der Waals surface area contributed by atoms with Crippen molar-refractivity contribution in [2.45, 2.75) is 17.8 Å². The molecule has 0 saturated heterocycles. The molecule has 1 unspecified atom stereocenters. The van der Waals surface area contributed by atoms with Gasteiger partial charge in [-0.15, -0.1) is 23.4 Å². The minimum Gasteiger partial charge on any atom is -0.168 e. The van der Waals surface area contributed by atoms with Gasteiger partial charge in [-0.2, -0.15) is 13.2 Å². The molecule has 0 saturated carbocycles. The summed E-state index contributed by atoms with van der Waals surface area (Å²) in [6.45, 7) is 1.63. The van der Waals surface area contributed by atoms with E-state index in [1.807, 2.05) is 0 Å². The van der Waals surface area contributed by atoms with Gasteiger partial charge in [-0.05, 0) is 5.75 Å². The third kappa shape index (κ3) is 3.92. The van der Waals surface area contributed by atoms with Gasteiger partial charge in [0.2, 0.25) is 0 Å². The maximum absolute atomic E-state index is 11.5. The molecule has 0 aromatic heterocycles. The highest BCUT2D eigenvalue weighted by atomic mass is 35.5. The van der Waals surface area contributed by atoms with Gasteiger partial charge in [-0.25, -0.2) is 0 Å². The van der Waals surface area contributed by atoms with E-state index in [1.54, 1.807) is 6.92 Å². The molecule has 0 amide bonds. The maximum Gasteiger partial charge on any atom is 0.413 e. The second-order valence-corrected chi connectivity index (χ2v) is 3.39. The molecule has 9 heavy (non-hydrogen) atoms. The monoisotopic (exact) mass is 178 g/mol. The Hall–Kier alpha value is 0.430. The van der Waals surface area contributed by atoms with Gasteiger partial charge in [-0.3, -0.25) is 0 Å². The number of hydrogen-bond donors (Lipinski definition) is 0. The van der Waals surface area contributed by atoms with Crippen LogP contribution in [0.4, 0.5) is 13.2 Å². The normalized spacial score (nSPS) is 15.7. The van der Waals surface area contributed by atoms with Gasteiger partial charge in [0.1, 0.15) is 0 Å². The Morgan fingerprint density at radius 1 is 1.56 bits per heavy atom. The zero-order chi connectivity index (χ0) is 7.49. The van der Waals surface area contributed by atoms with Crippen LogP contribution in [0.1, 0.15) is 6.92 Å². The second kappa shape index (κ2) is 3.56. The number of thioether (sulfide) groups is 1. The van der Waals surface area contributed by atoms with Crippen LogP contribution in [0.3, 0.4) is 0 Å². The maximum atomic E-state index is 11.5. The van der Waals surface area contributed by atoms with Crippen LogP contribution in [0.15, 0.2) is 0 Å². The Kier molecular flexibility index (Phi) is 3.73. The molecule has 0 nitrogen and oxygen atoms in total. The van der Waals surface area contributed by atoms with Gasteiger partial charge in [0.15, 0.2) is 4.71 Å². The molecule has 0 rings (SSSR count). The summed E-state index contributed by atoms with van der Waals surface area (Å²) in [6.07, 6.45) is -4.26. The predicted molar refractivity (Wildman–Crippen MR) is 33.8 cm³/mol. The Balaban J connectivity index is 3.59. The largest absolute Gasteiger partial charge is 0.413 e. The summed E-state index contributed by atoms with van der Waals surface area (Å²) in [4.78, 5) is 0. The van der Waals surface area contributed by atoms with Crippen LogP contribution in [0.25, 0.3) is 0 Å². The third-order valence-electron chi connectivity index (χ3n) is 0.570. The Morgan fingerprint density at radius 2 is 2.00 bits per heavy atom. The lowest BCUT2D eigenvalue weighted by Gasteiger charge is -2.10. The van der Waals surface area contributed by atoms with Crippen molar-refractivity contribution >= 4 is 23.4 Å². The van der Waals surface area contributed by atoms with E-state index < -0.39 is 10.9 Å². The van der Waals surface area contributed by atoms with E-state index in [0.717, 1.165) is 0 Å². The smallest absolute Gasteiger partial charge is 0.168 e. The molecule has 0 aliphatic heterocycles. The van der Waals surface area contributed by atoms with E-state index in [2.05, 4.69) is 0 Å². The molecule has 0 fully saturated rings. The first-order chi connectivity index (χ1) is 3.98. The van der Waals surface area contributed by atoms with E-state index >= 15 is 0 Å².